The Hall–Kier alpha value is -7.90. The van der Waals surface area contributed by atoms with E-state index in [1.165, 1.54) is 67.3 Å². The van der Waals surface area contributed by atoms with Gasteiger partial charge in [-0.3, -0.25) is 40.1 Å². The molecule has 4 heterocycles. The Balaban J connectivity index is 0.000000223. The number of nitrogens with one attached hydrogen (secondary N) is 2. The van der Waals surface area contributed by atoms with Crippen LogP contribution in [0.15, 0.2) is 78.1 Å². The highest BCUT2D eigenvalue weighted by molar-refractivity contribution is 6.31. The number of H-pyrrole nitrogens is 1. The highest BCUT2D eigenvalue weighted by atomic mass is 35.5. The molecular weight excluding hydrogens is 1120 g/mol. The molecule has 2 aromatic heterocycles. The summed E-state index contributed by atoms with van der Waals surface area (Å²) in [7, 11) is 4.16. The molecule has 83 heavy (non-hydrogen) atoms. The number of halogens is 4. The summed E-state index contributed by atoms with van der Waals surface area (Å²) in [6.45, 7) is 25.6. The standard InChI is InChI=1S/C29H32ClFN6O4.C18H21N5O3.C11H13ClFNO2/c1-28(2,3)41-27(38)36(20-7-8-23(31)22(30)16-20)26-21-17-25(37(39)40)19(15-24(21)32-18-33-26)9-10-29(4,5)35-13-11-34(6)12-14-35;1-18(2,22-8-6-21(3)7-9-22)5-4-13-10-15-14(11-16(13)23(25)26)17(24)20-12-19-15;1-11(2,3)16-10(15)14-7-4-5-9(13)8(12)6-7/h7-8,15-18H,11-14H2,1-6H3;10-12H,6-9H2,1-3H3,(H,19,20,24);4-6H,1-3H3,(H,14,15). The number of rotatable bonds is 7. The lowest BCUT2D eigenvalue weighted by atomic mass is 10.0. The van der Waals surface area contributed by atoms with E-state index < -0.39 is 61.5 Å². The first-order valence-electron chi connectivity index (χ1n) is 26.2. The number of nitro benzene ring substituents is 2. The molecule has 2 N–H and O–H groups in total. The number of fused-ring (bicyclic) bond motifs is 2. The fourth-order valence-electron chi connectivity index (χ4n) is 8.43. The van der Waals surface area contributed by atoms with Gasteiger partial charge in [-0.2, -0.15) is 0 Å². The van der Waals surface area contributed by atoms with E-state index in [9.17, 15) is 43.4 Å². The summed E-state index contributed by atoms with van der Waals surface area (Å²) in [5.74, 6) is 11.2. The smallest absolute Gasteiger partial charge is 0.420 e. The topological polar surface area (TPSA) is 239 Å². The van der Waals surface area contributed by atoms with Crippen molar-refractivity contribution in [2.75, 3.05) is 76.7 Å². The van der Waals surface area contributed by atoms with Gasteiger partial charge in [0, 0.05) is 70.2 Å². The molecule has 0 unspecified atom stereocenters. The monoisotopic (exact) mass is 1180 g/mol. The van der Waals surface area contributed by atoms with Crippen molar-refractivity contribution in [3.8, 4) is 23.7 Å². The minimum Gasteiger partial charge on any atom is -0.444 e. The Morgan fingerprint density at radius 1 is 0.663 bits per heavy atom. The van der Waals surface area contributed by atoms with Gasteiger partial charge in [0.25, 0.3) is 16.9 Å². The maximum absolute atomic E-state index is 14.0. The summed E-state index contributed by atoms with van der Waals surface area (Å²) in [6.07, 6.45) is 1.08. The van der Waals surface area contributed by atoms with Crippen LogP contribution in [0.4, 0.5) is 46.9 Å². The van der Waals surface area contributed by atoms with Gasteiger partial charge in [0.15, 0.2) is 5.82 Å². The number of nitrogens with zero attached hydrogens (tertiary/aromatic N) is 10. The molecule has 4 aromatic carbocycles. The number of hydrogen-bond donors (Lipinski definition) is 2. The number of ether oxygens (including phenoxy) is 2. The molecule has 0 atom stereocenters. The number of benzene rings is 4. The average molecular weight is 1180 g/mol. The van der Waals surface area contributed by atoms with Gasteiger partial charge in [-0.05, 0) is 132 Å². The molecule has 0 aliphatic carbocycles. The third kappa shape index (κ3) is 17.6. The lowest BCUT2D eigenvalue weighted by molar-refractivity contribution is -0.385. The summed E-state index contributed by atoms with van der Waals surface area (Å²) >= 11 is 11.6. The lowest BCUT2D eigenvalue weighted by Gasteiger charge is -2.40. The molecule has 0 bridgehead atoms. The number of amides is 2. The number of carbonyl (C=O) groups excluding carboxylic acids is 2. The van der Waals surface area contributed by atoms with Crippen LogP contribution in [-0.2, 0) is 9.47 Å². The number of carbonyl (C=O) groups is 2. The fraction of sp³-hybridized carbons (Fsp3) is 0.414. The molecule has 0 saturated carbocycles. The third-order valence-electron chi connectivity index (χ3n) is 13.0. The number of anilines is 3. The number of piperazine rings is 2. The Kier molecular flexibility index (Phi) is 20.6. The van der Waals surface area contributed by atoms with Crippen LogP contribution < -0.4 is 15.8 Å². The quantitative estimate of drug-likeness (QED) is 0.0858. The van der Waals surface area contributed by atoms with Crippen LogP contribution in [0.1, 0.15) is 80.4 Å². The number of hydrogen-bond acceptors (Lipinski definition) is 16. The highest BCUT2D eigenvalue weighted by Gasteiger charge is 2.32. The van der Waals surface area contributed by atoms with Crippen LogP contribution in [0.3, 0.4) is 0 Å². The van der Waals surface area contributed by atoms with E-state index in [4.69, 9.17) is 32.7 Å². The maximum Gasteiger partial charge on any atom is 0.420 e. The van der Waals surface area contributed by atoms with Gasteiger partial charge in [-0.25, -0.2) is 38.2 Å². The minimum absolute atomic E-state index is 0.00676. The van der Waals surface area contributed by atoms with Crippen molar-refractivity contribution in [1.29, 1.82) is 0 Å². The molecule has 2 saturated heterocycles. The number of likely N-dealkylation sites (N-methyl/N-ethyl adjacent to an activating group) is 2. The molecule has 21 nitrogen and oxygen atoms in total. The minimum atomic E-state index is -0.882. The van der Waals surface area contributed by atoms with E-state index in [0.29, 0.717) is 16.7 Å². The summed E-state index contributed by atoms with van der Waals surface area (Å²) < 4.78 is 37.4. The molecule has 0 radical (unpaired) electrons. The molecular formula is C58H66Cl2F2N12O9. The Bertz CT molecular complexity index is 3610. The van der Waals surface area contributed by atoms with Crippen molar-refractivity contribution in [1.82, 2.24) is 39.5 Å². The molecule has 2 fully saturated rings. The van der Waals surface area contributed by atoms with E-state index in [1.807, 2.05) is 27.7 Å². The van der Waals surface area contributed by atoms with Crippen molar-refractivity contribution in [3.05, 3.63) is 137 Å². The summed E-state index contributed by atoms with van der Waals surface area (Å²) in [5, 5.41) is 26.2. The fourth-order valence-corrected chi connectivity index (χ4v) is 8.79. The van der Waals surface area contributed by atoms with Crippen LogP contribution >= 0.6 is 23.2 Å². The maximum atomic E-state index is 14.0. The zero-order valence-electron chi connectivity index (χ0n) is 48.2. The molecule has 2 aliphatic rings. The van der Waals surface area contributed by atoms with Crippen LogP contribution in [0, 0.1) is 55.5 Å². The van der Waals surface area contributed by atoms with Gasteiger partial charge in [-0.1, -0.05) is 46.9 Å². The average Bonchev–Trinajstić information content (AvgIpc) is 3.53. The molecule has 0 spiro atoms. The first kappa shape index (κ1) is 64.3. The van der Waals surface area contributed by atoms with E-state index >= 15 is 0 Å². The summed E-state index contributed by atoms with van der Waals surface area (Å²) in [4.78, 5) is 84.4. The predicted octanol–water partition coefficient (Wildman–Crippen LogP) is 10.8. The Morgan fingerprint density at radius 2 is 1.13 bits per heavy atom. The van der Waals surface area contributed by atoms with Crippen LogP contribution in [0.25, 0.3) is 21.8 Å². The highest BCUT2D eigenvalue weighted by Crippen LogP contribution is 2.36. The van der Waals surface area contributed by atoms with Crippen molar-refractivity contribution in [3.63, 3.8) is 0 Å². The van der Waals surface area contributed by atoms with E-state index in [2.05, 4.69) is 82.6 Å². The second-order valence-corrected chi connectivity index (χ2v) is 23.4. The molecule has 2 aliphatic heterocycles. The zero-order chi connectivity index (χ0) is 61.4. The second kappa shape index (κ2) is 26.6. The van der Waals surface area contributed by atoms with Gasteiger partial charge in [0.05, 0.1) is 64.8 Å². The van der Waals surface area contributed by atoms with Gasteiger partial charge in [-0.15, -0.1) is 0 Å². The van der Waals surface area contributed by atoms with E-state index in [-0.39, 0.29) is 54.8 Å². The number of aromatic nitrogens is 4. The van der Waals surface area contributed by atoms with Crippen molar-refractivity contribution >= 4 is 85.8 Å². The molecule has 6 aromatic rings. The molecule has 8 rings (SSSR count). The second-order valence-electron chi connectivity index (χ2n) is 22.6. The largest absolute Gasteiger partial charge is 0.444 e. The zero-order valence-corrected chi connectivity index (χ0v) is 49.8. The first-order valence-corrected chi connectivity index (χ1v) is 26.9. The predicted molar refractivity (Wildman–Crippen MR) is 316 cm³/mol. The van der Waals surface area contributed by atoms with Crippen LogP contribution in [-0.4, -0.2) is 150 Å². The molecule has 440 valence electrons. The summed E-state index contributed by atoms with van der Waals surface area (Å²) in [6, 6.07) is 13.2. The SMILES string of the molecule is CC(C)(C)OC(=O)Nc1ccc(F)c(Cl)c1.CN1CCN(C(C)(C)C#Cc2cc3nc[nH]c(=O)c3cc2[N+](=O)[O-])CC1.CN1CCN(C(C)(C)C#Cc2cc3ncnc(N(C(=O)OC(C)(C)C)c4ccc(F)c(Cl)c4)c3cc2[N+](=O)[O-])CC1. The molecule has 2 amide bonds. The van der Waals surface area contributed by atoms with Crippen molar-refractivity contribution in [2.24, 2.45) is 0 Å². The van der Waals surface area contributed by atoms with Gasteiger partial charge in [0.2, 0.25) is 0 Å². The van der Waals surface area contributed by atoms with Gasteiger partial charge >= 0.3 is 12.2 Å². The first-order chi connectivity index (χ1) is 38.7. The van der Waals surface area contributed by atoms with Crippen LogP contribution in [0.5, 0.6) is 0 Å². The lowest BCUT2D eigenvalue weighted by Crippen LogP contribution is -2.53. The number of nitro groups is 2. The Labute approximate surface area is 489 Å². The molecule has 25 heteroatoms. The van der Waals surface area contributed by atoms with Gasteiger partial charge in [0.1, 0.15) is 40.3 Å². The third-order valence-corrected chi connectivity index (χ3v) is 13.6. The normalized spacial score (nSPS) is 14.6. The van der Waals surface area contributed by atoms with Crippen molar-refractivity contribution < 1.29 is 37.7 Å². The van der Waals surface area contributed by atoms with E-state index in [0.717, 1.165) is 63.3 Å². The Morgan fingerprint density at radius 3 is 1.60 bits per heavy atom. The van der Waals surface area contributed by atoms with Gasteiger partial charge < -0.3 is 24.3 Å². The van der Waals surface area contributed by atoms with Crippen LogP contribution in [0.2, 0.25) is 10.0 Å². The van der Waals surface area contributed by atoms with Crippen molar-refractivity contribution in [2.45, 2.75) is 91.5 Å². The van der Waals surface area contributed by atoms with E-state index in [1.54, 1.807) is 41.5 Å². The number of aromatic amines is 1. The summed E-state index contributed by atoms with van der Waals surface area (Å²) in [5.41, 5.74) is -1.53.